The molecule has 1 aliphatic carbocycles. The average Bonchev–Trinajstić information content (AvgIpc) is 3.18. The van der Waals surface area contributed by atoms with Crippen LogP contribution in [0.4, 0.5) is 5.00 Å². The number of anilines is 1. The van der Waals surface area contributed by atoms with Gasteiger partial charge >= 0.3 is 0 Å². The summed E-state index contributed by atoms with van der Waals surface area (Å²) in [7, 11) is 0. The standard InChI is InChI=1S/C16H15N3S/c1-2-19-13-10(9-6-7-9)4-3-5-11(13)15-14(19)12(8-17)16(18)20-15/h3-5,9H,2,6-7,18H2,1H3. The van der Waals surface area contributed by atoms with Crippen LogP contribution in [-0.4, -0.2) is 4.57 Å². The fourth-order valence-electron chi connectivity index (χ4n) is 3.19. The monoisotopic (exact) mass is 281 g/mol. The third kappa shape index (κ3) is 1.39. The molecule has 0 spiro atoms. The van der Waals surface area contributed by atoms with Crippen LogP contribution in [0, 0.1) is 11.3 Å². The lowest BCUT2D eigenvalue weighted by atomic mass is 10.1. The van der Waals surface area contributed by atoms with Gasteiger partial charge in [0.1, 0.15) is 16.6 Å². The summed E-state index contributed by atoms with van der Waals surface area (Å²) < 4.78 is 3.45. The molecule has 3 nitrogen and oxygen atoms in total. The number of benzene rings is 1. The highest BCUT2D eigenvalue weighted by molar-refractivity contribution is 7.24. The molecule has 1 aliphatic rings. The van der Waals surface area contributed by atoms with Crippen molar-refractivity contribution in [2.75, 3.05) is 5.73 Å². The van der Waals surface area contributed by atoms with Gasteiger partial charge in [0, 0.05) is 11.9 Å². The highest BCUT2D eigenvalue weighted by Gasteiger charge is 2.28. The summed E-state index contributed by atoms with van der Waals surface area (Å²) in [6.45, 7) is 3.01. The first-order chi connectivity index (χ1) is 9.76. The van der Waals surface area contributed by atoms with Gasteiger partial charge in [-0.05, 0) is 31.2 Å². The summed E-state index contributed by atoms with van der Waals surface area (Å²) in [5.41, 5.74) is 10.4. The number of nitriles is 1. The molecular formula is C16H15N3S. The fraction of sp³-hybridized carbons (Fsp3) is 0.312. The van der Waals surface area contributed by atoms with E-state index in [0.29, 0.717) is 16.5 Å². The Morgan fingerprint density at radius 2 is 2.20 bits per heavy atom. The molecule has 0 amide bonds. The molecule has 0 saturated heterocycles. The number of nitrogens with two attached hydrogens (primary N) is 1. The Hall–Kier alpha value is -1.99. The van der Waals surface area contributed by atoms with Gasteiger partial charge in [-0.2, -0.15) is 5.26 Å². The van der Waals surface area contributed by atoms with Crippen LogP contribution in [-0.2, 0) is 6.54 Å². The zero-order valence-corrected chi connectivity index (χ0v) is 12.1. The molecule has 2 N–H and O–H groups in total. The second-order valence-corrected chi connectivity index (χ2v) is 6.44. The predicted molar refractivity (Wildman–Crippen MR) is 84.1 cm³/mol. The van der Waals surface area contributed by atoms with E-state index in [0.717, 1.165) is 12.1 Å². The summed E-state index contributed by atoms with van der Waals surface area (Å²) in [6.07, 6.45) is 2.57. The van der Waals surface area contributed by atoms with Crippen molar-refractivity contribution in [1.29, 1.82) is 5.26 Å². The Morgan fingerprint density at radius 1 is 1.40 bits per heavy atom. The molecule has 1 saturated carbocycles. The smallest absolute Gasteiger partial charge is 0.110 e. The molecule has 0 bridgehead atoms. The fourth-order valence-corrected chi connectivity index (χ4v) is 4.23. The first kappa shape index (κ1) is 11.8. The van der Waals surface area contributed by atoms with E-state index in [-0.39, 0.29) is 0 Å². The van der Waals surface area contributed by atoms with Crippen LogP contribution in [0.15, 0.2) is 18.2 Å². The minimum Gasteiger partial charge on any atom is -0.389 e. The Labute approximate surface area is 121 Å². The third-order valence-electron chi connectivity index (χ3n) is 4.21. The van der Waals surface area contributed by atoms with Crippen LogP contribution < -0.4 is 5.73 Å². The van der Waals surface area contributed by atoms with Crippen molar-refractivity contribution in [3.63, 3.8) is 0 Å². The van der Waals surface area contributed by atoms with Crippen molar-refractivity contribution in [2.24, 2.45) is 0 Å². The summed E-state index contributed by atoms with van der Waals surface area (Å²) in [4.78, 5) is 0. The first-order valence-corrected chi connectivity index (χ1v) is 7.81. The van der Waals surface area contributed by atoms with Gasteiger partial charge in [-0.15, -0.1) is 11.3 Å². The number of hydrogen-bond acceptors (Lipinski definition) is 3. The minimum absolute atomic E-state index is 0.637. The first-order valence-electron chi connectivity index (χ1n) is 6.99. The lowest BCUT2D eigenvalue weighted by molar-refractivity contribution is 0.821. The largest absolute Gasteiger partial charge is 0.389 e. The Balaban J connectivity index is 2.23. The van der Waals surface area contributed by atoms with Crippen molar-refractivity contribution in [2.45, 2.75) is 32.2 Å². The summed E-state index contributed by atoms with van der Waals surface area (Å²) in [5, 5.41) is 11.3. The molecule has 4 heteroatoms. The molecule has 0 aliphatic heterocycles. The molecule has 0 radical (unpaired) electrons. The zero-order chi connectivity index (χ0) is 13.9. The molecule has 100 valence electrons. The molecule has 4 rings (SSSR count). The molecular weight excluding hydrogens is 266 g/mol. The Bertz CT molecular complexity index is 875. The Kier molecular flexibility index (Phi) is 2.36. The molecule has 0 atom stereocenters. The van der Waals surface area contributed by atoms with Crippen LogP contribution in [0.2, 0.25) is 0 Å². The maximum atomic E-state index is 9.40. The summed E-state index contributed by atoms with van der Waals surface area (Å²) >= 11 is 1.54. The summed E-state index contributed by atoms with van der Waals surface area (Å²) in [5.74, 6) is 0.705. The van der Waals surface area contributed by atoms with Crippen molar-refractivity contribution in [3.05, 3.63) is 29.3 Å². The molecule has 1 aromatic carbocycles. The van der Waals surface area contributed by atoms with Crippen LogP contribution in [0.5, 0.6) is 0 Å². The van der Waals surface area contributed by atoms with Gasteiger partial charge in [-0.25, -0.2) is 0 Å². The number of fused-ring (bicyclic) bond motifs is 3. The van der Waals surface area contributed by atoms with Crippen molar-refractivity contribution in [1.82, 2.24) is 4.57 Å². The van der Waals surface area contributed by atoms with E-state index >= 15 is 0 Å². The number of hydrogen-bond donors (Lipinski definition) is 1. The minimum atomic E-state index is 0.637. The molecule has 0 unspecified atom stereocenters. The van der Waals surface area contributed by atoms with Gasteiger partial charge < -0.3 is 10.3 Å². The number of rotatable bonds is 2. The lowest BCUT2D eigenvalue weighted by Gasteiger charge is -2.08. The van der Waals surface area contributed by atoms with Gasteiger partial charge in [0.25, 0.3) is 0 Å². The van der Waals surface area contributed by atoms with Crippen LogP contribution >= 0.6 is 11.3 Å². The maximum absolute atomic E-state index is 9.40. The second-order valence-electron chi connectivity index (χ2n) is 5.39. The number of thiophene rings is 1. The third-order valence-corrected chi connectivity index (χ3v) is 5.25. The topological polar surface area (TPSA) is 54.7 Å². The molecule has 2 heterocycles. The van der Waals surface area contributed by atoms with Gasteiger partial charge in [0.05, 0.1) is 15.7 Å². The SMILES string of the molecule is CCn1c2c(C3CC3)cccc2c2sc(N)c(C#N)c21. The van der Waals surface area contributed by atoms with Gasteiger partial charge in [-0.1, -0.05) is 18.2 Å². The molecule has 3 aromatic rings. The summed E-state index contributed by atoms with van der Waals surface area (Å²) in [6, 6.07) is 8.82. The molecule has 20 heavy (non-hydrogen) atoms. The van der Waals surface area contributed by atoms with E-state index in [9.17, 15) is 5.26 Å². The van der Waals surface area contributed by atoms with Crippen molar-refractivity contribution in [3.8, 4) is 6.07 Å². The van der Waals surface area contributed by atoms with E-state index in [1.165, 1.54) is 34.0 Å². The lowest BCUT2D eigenvalue weighted by Crippen LogP contribution is -1.98. The van der Waals surface area contributed by atoms with E-state index in [1.807, 2.05) is 0 Å². The normalized spacial score (nSPS) is 15.0. The highest BCUT2D eigenvalue weighted by Crippen LogP contribution is 2.47. The van der Waals surface area contributed by atoms with E-state index in [1.54, 1.807) is 11.3 Å². The maximum Gasteiger partial charge on any atom is 0.110 e. The Morgan fingerprint density at radius 3 is 2.85 bits per heavy atom. The quantitative estimate of drug-likeness (QED) is 0.765. The van der Waals surface area contributed by atoms with Gasteiger partial charge in [-0.3, -0.25) is 0 Å². The van der Waals surface area contributed by atoms with Crippen LogP contribution in [0.3, 0.4) is 0 Å². The average molecular weight is 281 g/mol. The molecule has 2 aromatic heterocycles. The molecule has 1 fully saturated rings. The van der Waals surface area contributed by atoms with E-state index in [2.05, 4.69) is 35.8 Å². The number of nitrogens with zero attached hydrogens (tertiary/aromatic N) is 2. The second kappa shape index (κ2) is 4.00. The van der Waals surface area contributed by atoms with Gasteiger partial charge in [0.15, 0.2) is 0 Å². The van der Waals surface area contributed by atoms with Crippen LogP contribution in [0.25, 0.3) is 21.1 Å². The number of aryl methyl sites for hydroxylation is 1. The van der Waals surface area contributed by atoms with Gasteiger partial charge in [0.2, 0.25) is 0 Å². The van der Waals surface area contributed by atoms with Crippen molar-refractivity contribution >= 4 is 37.5 Å². The number of aromatic nitrogens is 1. The van der Waals surface area contributed by atoms with E-state index in [4.69, 9.17) is 5.73 Å². The number of para-hydroxylation sites is 1. The zero-order valence-electron chi connectivity index (χ0n) is 11.3. The van der Waals surface area contributed by atoms with Crippen LogP contribution in [0.1, 0.15) is 36.8 Å². The predicted octanol–water partition coefficient (Wildman–Crippen LogP) is 4.21. The van der Waals surface area contributed by atoms with E-state index < -0.39 is 0 Å². The highest BCUT2D eigenvalue weighted by atomic mass is 32.1. The van der Waals surface area contributed by atoms with Crippen molar-refractivity contribution < 1.29 is 0 Å². The number of nitrogen functional groups attached to an aromatic ring is 1.